The van der Waals surface area contributed by atoms with Crippen LogP contribution in [-0.4, -0.2) is 40.9 Å². The molecule has 1 aliphatic carbocycles. The van der Waals surface area contributed by atoms with Crippen molar-refractivity contribution in [1.29, 1.82) is 0 Å². The monoisotopic (exact) mass is 231 g/mol. The number of halogens is 2. The molecule has 0 radical (unpaired) electrons. The Balaban J connectivity index is 2.12. The summed E-state index contributed by atoms with van der Waals surface area (Å²) >= 11 is 0. The van der Waals surface area contributed by atoms with Crippen LogP contribution in [0.15, 0.2) is 0 Å². The molecule has 2 fully saturated rings. The minimum absolute atomic E-state index is 0.285. The zero-order chi connectivity index (χ0) is 11.9. The number of likely N-dealkylation sites (tertiary alicyclic amines) is 1. The van der Waals surface area contributed by atoms with E-state index in [4.69, 9.17) is 11.5 Å². The minimum atomic E-state index is -2.83. The highest BCUT2D eigenvalue weighted by molar-refractivity contribution is 5.67. The molecule has 0 aromatic heterocycles. The van der Waals surface area contributed by atoms with Gasteiger partial charge in [0.1, 0.15) is 6.04 Å². The van der Waals surface area contributed by atoms with Crippen LogP contribution in [0.5, 0.6) is 0 Å². The molecule has 2 bridgehead atoms. The fourth-order valence-electron chi connectivity index (χ4n) is 2.77. The van der Waals surface area contributed by atoms with Crippen LogP contribution < -0.4 is 0 Å². The van der Waals surface area contributed by atoms with Gasteiger partial charge in [0, 0.05) is 12.0 Å². The highest BCUT2D eigenvalue weighted by atomic mass is 19.3. The van der Waals surface area contributed by atoms with Crippen molar-refractivity contribution >= 4 is 6.09 Å². The van der Waals surface area contributed by atoms with Gasteiger partial charge in [0.05, 0.1) is 6.10 Å². The number of hydrogen-bond acceptors (Lipinski definition) is 2. The first-order chi connectivity index (χ1) is 7.54. The first-order valence-electron chi connectivity index (χ1n) is 4.95. The van der Waals surface area contributed by atoms with Crippen LogP contribution in [-0.2, 0) is 4.74 Å². The number of amides is 1. The standard InChI is InChI=1S/C10H11F2NO3/c1-2-7-6-3-5(13(7)10(14)15)4-8(6)16-9(11)12/h1,5-9H,3-4H2,(H,14,15)/t5?,6?,7?,8-/m0/s1. The number of fused-ring (bicyclic) bond motifs is 2. The first-order valence-corrected chi connectivity index (χ1v) is 4.95. The van der Waals surface area contributed by atoms with E-state index < -0.39 is 24.9 Å². The third kappa shape index (κ3) is 1.61. The summed E-state index contributed by atoms with van der Waals surface area (Å²) in [4.78, 5) is 12.1. The van der Waals surface area contributed by atoms with Gasteiger partial charge in [0.2, 0.25) is 0 Å². The number of nitrogens with zero attached hydrogens (tertiary/aromatic N) is 1. The molecule has 16 heavy (non-hydrogen) atoms. The maximum absolute atomic E-state index is 12.1. The molecular formula is C10H11F2NO3. The Hall–Kier alpha value is -1.35. The zero-order valence-electron chi connectivity index (χ0n) is 8.35. The average Bonchev–Trinajstić information content (AvgIpc) is 2.72. The predicted molar refractivity (Wildman–Crippen MR) is 49.9 cm³/mol. The van der Waals surface area contributed by atoms with E-state index in [9.17, 15) is 13.6 Å². The van der Waals surface area contributed by atoms with Crippen molar-refractivity contribution < 1.29 is 23.4 Å². The van der Waals surface area contributed by atoms with Crippen molar-refractivity contribution in [3.8, 4) is 12.3 Å². The first kappa shape index (κ1) is 11.1. The third-order valence-electron chi connectivity index (χ3n) is 3.29. The molecule has 0 spiro atoms. The molecule has 1 amide bonds. The number of piperidine rings is 1. The molecule has 1 aliphatic heterocycles. The van der Waals surface area contributed by atoms with Gasteiger partial charge in [-0.3, -0.25) is 4.90 Å². The second-order valence-electron chi connectivity index (χ2n) is 4.03. The number of carboxylic acid groups (broad SMARTS) is 1. The molecule has 0 aromatic carbocycles. The van der Waals surface area contributed by atoms with Crippen molar-refractivity contribution in [3.63, 3.8) is 0 Å². The average molecular weight is 231 g/mol. The number of hydrogen-bond donors (Lipinski definition) is 1. The van der Waals surface area contributed by atoms with E-state index in [2.05, 4.69) is 10.7 Å². The fourth-order valence-corrected chi connectivity index (χ4v) is 2.77. The summed E-state index contributed by atoms with van der Waals surface area (Å²) < 4.78 is 28.6. The Labute approximate surface area is 91.2 Å². The minimum Gasteiger partial charge on any atom is -0.465 e. The van der Waals surface area contributed by atoms with Gasteiger partial charge < -0.3 is 9.84 Å². The van der Waals surface area contributed by atoms with E-state index in [0.29, 0.717) is 12.8 Å². The van der Waals surface area contributed by atoms with Gasteiger partial charge in [-0.2, -0.15) is 8.78 Å². The Kier molecular flexibility index (Phi) is 2.72. The molecule has 3 unspecified atom stereocenters. The highest BCUT2D eigenvalue weighted by Gasteiger charge is 2.54. The molecule has 4 nitrogen and oxygen atoms in total. The molecule has 0 aromatic rings. The van der Waals surface area contributed by atoms with Crippen molar-refractivity contribution in [3.05, 3.63) is 0 Å². The van der Waals surface area contributed by atoms with E-state index in [1.807, 2.05) is 0 Å². The van der Waals surface area contributed by atoms with Gasteiger partial charge >= 0.3 is 12.7 Å². The lowest BCUT2D eigenvalue weighted by atomic mass is 9.97. The normalized spacial score (nSPS) is 36.8. The van der Waals surface area contributed by atoms with Gasteiger partial charge in [0.25, 0.3) is 0 Å². The molecule has 1 N–H and O–H groups in total. The molecule has 88 valence electrons. The van der Waals surface area contributed by atoms with Crippen LogP contribution in [0.25, 0.3) is 0 Å². The number of alkyl halides is 2. The molecule has 1 saturated carbocycles. The maximum Gasteiger partial charge on any atom is 0.408 e. The molecule has 4 atom stereocenters. The van der Waals surface area contributed by atoms with Crippen LogP contribution in [0.4, 0.5) is 13.6 Å². The number of rotatable bonds is 2. The lowest BCUT2D eigenvalue weighted by molar-refractivity contribution is -0.178. The van der Waals surface area contributed by atoms with Gasteiger partial charge in [-0.05, 0) is 12.8 Å². The third-order valence-corrected chi connectivity index (χ3v) is 3.29. The fraction of sp³-hybridized carbons (Fsp3) is 0.700. The van der Waals surface area contributed by atoms with Crippen molar-refractivity contribution in [2.24, 2.45) is 5.92 Å². The quantitative estimate of drug-likeness (QED) is 0.730. The molecule has 1 heterocycles. The predicted octanol–water partition coefficient (Wildman–Crippen LogP) is 1.37. The van der Waals surface area contributed by atoms with Crippen molar-refractivity contribution in [2.45, 2.75) is 37.6 Å². The Bertz CT molecular complexity index is 341. The van der Waals surface area contributed by atoms with Crippen LogP contribution in [0.2, 0.25) is 0 Å². The number of terminal acetylenes is 1. The summed E-state index contributed by atoms with van der Waals surface area (Å²) in [6.07, 6.45) is 4.35. The second kappa shape index (κ2) is 3.91. The lowest BCUT2D eigenvalue weighted by Crippen LogP contribution is -2.48. The number of carbonyl (C=O) groups is 1. The van der Waals surface area contributed by atoms with E-state index in [0.717, 1.165) is 0 Å². The summed E-state index contributed by atoms with van der Waals surface area (Å²) in [5.74, 6) is 2.04. The largest absolute Gasteiger partial charge is 0.465 e. The zero-order valence-corrected chi connectivity index (χ0v) is 8.35. The van der Waals surface area contributed by atoms with Crippen LogP contribution in [0, 0.1) is 18.3 Å². The summed E-state index contributed by atoms with van der Waals surface area (Å²) in [6, 6.07) is -0.924. The molecule has 2 aliphatic rings. The summed E-state index contributed by atoms with van der Waals surface area (Å²) in [7, 11) is 0. The van der Waals surface area contributed by atoms with Gasteiger partial charge in [0.15, 0.2) is 0 Å². The Morgan fingerprint density at radius 1 is 1.56 bits per heavy atom. The summed E-state index contributed by atoms with van der Waals surface area (Å²) in [6.45, 7) is -2.83. The van der Waals surface area contributed by atoms with E-state index in [1.165, 1.54) is 4.90 Å². The van der Waals surface area contributed by atoms with Crippen molar-refractivity contribution in [1.82, 2.24) is 4.90 Å². The topological polar surface area (TPSA) is 49.8 Å². The van der Waals surface area contributed by atoms with E-state index in [-0.39, 0.29) is 12.0 Å². The van der Waals surface area contributed by atoms with Crippen LogP contribution in [0.3, 0.4) is 0 Å². The number of ether oxygens (including phenoxy) is 1. The van der Waals surface area contributed by atoms with Gasteiger partial charge in [-0.15, -0.1) is 6.42 Å². The van der Waals surface area contributed by atoms with Crippen LogP contribution in [0.1, 0.15) is 12.8 Å². The van der Waals surface area contributed by atoms with E-state index >= 15 is 0 Å². The molecule has 2 rings (SSSR count). The van der Waals surface area contributed by atoms with E-state index in [1.54, 1.807) is 0 Å². The van der Waals surface area contributed by atoms with Crippen LogP contribution >= 0.6 is 0 Å². The SMILES string of the molecule is C#CC1C2CC(C[C@@H]2OC(F)F)N1C(=O)O. The smallest absolute Gasteiger partial charge is 0.408 e. The van der Waals surface area contributed by atoms with Gasteiger partial charge in [-0.1, -0.05) is 5.92 Å². The highest BCUT2D eigenvalue weighted by Crippen LogP contribution is 2.44. The molecular weight excluding hydrogens is 220 g/mol. The lowest BCUT2D eigenvalue weighted by Gasteiger charge is -2.34. The maximum atomic E-state index is 12.1. The summed E-state index contributed by atoms with van der Waals surface area (Å²) in [5.41, 5.74) is 0. The van der Waals surface area contributed by atoms with Crippen molar-refractivity contribution in [2.75, 3.05) is 0 Å². The van der Waals surface area contributed by atoms with Gasteiger partial charge in [-0.25, -0.2) is 4.79 Å². The Morgan fingerprint density at radius 3 is 2.75 bits per heavy atom. The molecule has 1 saturated heterocycles. The summed E-state index contributed by atoms with van der Waals surface area (Å²) in [5, 5.41) is 8.95. The Morgan fingerprint density at radius 2 is 2.25 bits per heavy atom. The molecule has 6 heteroatoms. The second-order valence-corrected chi connectivity index (χ2v) is 4.03.